The van der Waals surface area contributed by atoms with Gasteiger partial charge < -0.3 is 10.2 Å². The van der Waals surface area contributed by atoms with Gasteiger partial charge in [-0.15, -0.1) is 10.2 Å². The number of halogens is 3. The van der Waals surface area contributed by atoms with Gasteiger partial charge in [-0.25, -0.2) is 0 Å². The molecule has 1 amide bonds. The van der Waals surface area contributed by atoms with Crippen LogP contribution < -0.4 is 5.32 Å². The highest BCUT2D eigenvalue weighted by molar-refractivity contribution is 5.75. The second-order valence-electron chi connectivity index (χ2n) is 6.42. The molecule has 140 valence electrons. The number of likely N-dealkylation sites (N-methyl/N-ethyl adjacent to an activating group) is 1. The van der Waals surface area contributed by atoms with E-state index in [1.165, 1.54) is 11.0 Å². The molecule has 0 unspecified atom stereocenters. The summed E-state index contributed by atoms with van der Waals surface area (Å²) in [6, 6.07) is 1.98. The van der Waals surface area contributed by atoms with Crippen molar-refractivity contribution in [1.29, 1.82) is 0 Å². The number of nitrogens with zero attached hydrogens (tertiary/aromatic N) is 5. The molecule has 2 heterocycles. The fourth-order valence-corrected chi connectivity index (χ4v) is 2.84. The van der Waals surface area contributed by atoms with Gasteiger partial charge in [0.15, 0.2) is 5.69 Å². The molecule has 0 radical (unpaired) electrons. The number of fused-ring (bicyclic) bond motifs is 1. The highest BCUT2D eigenvalue weighted by Crippen LogP contribution is 2.32. The summed E-state index contributed by atoms with van der Waals surface area (Å²) in [5.74, 6) is 0.192. The molecule has 1 atom stereocenters. The van der Waals surface area contributed by atoms with Crippen LogP contribution in [-0.2, 0) is 23.9 Å². The maximum Gasteiger partial charge on any atom is 0.435 e. The summed E-state index contributed by atoms with van der Waals surface area (Å²) in [6.45, 7) is 0.146. The van der Waals surface area contributed by atoms with Crippen LogP contribution in [-0.4, -0.2) is 44.9 Å². The average Bonchev–Trinajstić information content (AvgIpc) is 2.98. The smallest absolute Gasteiger partial charge is 0.360 e. The molecule has 1 N–H and O–H groups in total. The molecule has 7 nitrogen and oxygen atoms in total. The number of rotatable bonds is 4. The zero-order valence-corrected chi connectivity index (χ0v) is 14.4. The second-order valence-corrected chi connectivity index (χ2v) is 6.42. The SMILES string of the molecule is CN(C)C(=O)Cn1cc2c(n1)[C@@H](Nc1ccc(C(F)(F)F)nn1)CCC2. The van der Waals surface area contributed by atoms with Crippen molar-refractivity contribution < 1.29 is 18.0 Å². The van der Waals surface area contributed by atoms with Crippen LogP contribution in [0, 0.1) is 0 Å². The van der Waals surface area contributed by atoms with Gasteiger partial charge in [0.05, 0.1) is 11.7 Å². The van der Waals surface area contributed by atoms with Gasteiger partial charge in [0.2, 0.25) is 5.91 Å². The van der Waals surface area contributed by atoms with Gasteiger partial charge >= 0.3 is 6.18 Å². The summed E-state index contributed by atoms with van der Waals surface area (Å²) < 4.78 is 39.3. The number of amides is 1. The normalized spacial score (nSPS) is 16.9. The topological polar surface area (TPSA) is 75.9 Å². The minimum atomic E-state index is -4.51. The molecule has 1 aliphatic carbocycles. The number of carbonyl (C=O) groups is 1. The Balaban J connectivity index is 1.75. The van der Waals surface area contributed by atoms with E-state index in [4.69, 9.17) is 0 Å². The third-order valence-corrected chi connectivity index (χ3v) is 4.21. The zero-order valence-electron chi connectivity index (χ0n) is 14.4. The molecular weight excluding hydrogens is 349 g/mol. The third-order valence-electron chi connectivity index (χ3n) is 4.21. The predicted octanol–water partition coefficient (Wildman–Crippen LogP) is 2.27. The minimum absolute atomic E-state index is 0.0667. The fraction of sp³-hybridized carbons (Fsp3) is 0.500. The van der Waals surface area contributed by atoms with E-state index in [0.29, 0.717) is 0 Å². The van der Waals surface area contributed by atoms with Gasteiger partial charge in [-0.05, 0) is 37.0 Å². The fourth-order valence-electron chi connectivity index (χ4n) is 2.84. The Morgan fingerprint density at radius 1 is 1.35 bits per heavy atom. The molecule has 0 saturated carbocycles. The maximum absolute atomic E-state index is 12.6. The first-order chi connectivity index (χ1) is 12.2. The van der Waals surface area contributed by atoms with E-state index in [1.807, 2.05) is 6.20 Å². The lowest BCUT2D eigenvalue weighted by atomic mass is 9.94. The van der Waals surface area contributed by atoms with Gasteiger partial charge in [0, 0.05) is 20.3 Å². The average molecular weight is 368 g/mol. The molecule has 2 aromatic rings. The van der Waals surface area contributed by atoms with Crippen molar-refractivity contribution in [3.05, 3.63) is 35.3 Å². The van der Waals surface area contributed by atoms with Crippen LogP contribution in [0.25, 0.3) is 0 Å². The minimum Gasteiger partial charge on any atom is -0.360 e. The Morgan fingerprint density at radius 3 is 2.73 bits per heavy atom. The Morgan fingerprint density at radius 2 is 2.12 bits per heavy atom. The van der Waals surface area contributed by atoms with Gasteiger partial charge in [-0.1, -0.05) is 0 Å². The zero-order chi connectivity index (χ0) is 18.9. The molecule has 3 rings (SSSR count). The summed E-state index contributed by atoms with van der Waals surface area (Å²) in [6.07, 6.45) is -0.132. The molecule has 10 heteroatoms. The molecule has 0 spiro atoms. The quantitative estimate of drug-likeness (QED) is 0.896. The Kier molecular flexibility index (Phi) is 4.84. The lowest BCUT2D eigenvalue weighted by Gasteiger charge is -2.22. The van der Waals surface area contributed by atoms with Crippen molar-refractivity contribution >= 4 is 11.7 Å². The van der Waals surface area contributed by atoms with E-state index in [2.05, 4.69) is 20.6 Å². The van der Waals surface area contributed by atoms with E-state index in [9.17, 15) is 18.0 Å². The van der Waals surface area contributed by atoms with Crippen LogP contribution in [0.5, 0.6) is 0 Å². The lowest BCUT2D eigenvalue weighted by molar-refractivity contribution is -0.141. The Labute approximate surface area is 148 Å². The highest BCUT2D eigenvalue weighted by atomic mass is 19.4. The van der Waals surface area contributed by atoms with Crippen molar-refractivity contribution in [2.45, 2.75) is 38.0 Å². The van der Waals surface area contributed by atoms with Crippen molar-refractivity contribution in [3.8, 4) is 0 Å². The monoisotopic (exact) mass is 368 g/mol. The number of aromatic nitrogens is 4. The van der Waals surface area contributed by atoms with Crippen LogP contribution in [0.4, 0.5) is 19.0 Å². The maximum atomic E-state index is 12.6. The van der Waals surface area contributed by atoms with Gasteiger partial charge in [0.1, 0.15) is 12.4 Å². The molecule has 0 bridgehead atoms. The van der Waals surface area contributed by atoms with E-state index in [1.54, 1.807) is 18.8 Å². The molecule has 0 fully saturated rings. The molecule has 2 aromatic heterocycles. The summed E-state index contributed by atoms with van der Waals surface area (Å²) in [5.41, 5.74) is 0.795. The third kappa shape index (κ3) is 3.94. The van der Waals surface area contributed by atoms with Crippen molar-refractivity contribution in [3.63, 3.8) is 0 Å². The molecule has 0 aromatic carbocycles. The first-order valence-corrected chi connectivity index (χ1v) is 8.18. The number of hydrogen-bond donors (Lipinski definition) is 1. The number of alkyl halides is 3. The molecular formula is C16H19F3N6O. The molecule has 0 aliphatic heterocycles. The van der Waals surface area contributed by atoms with Crippen molar-refractivity contribution in [1.82, 2.24) is 24.9 Å². The van der Waals surface area contributed by atoms with E-state index >= 15 is 0 Å². The first-order valence-electron chi connectivity index (χ1n) is 8.18. The summed E-state index contributed by atoms with van der Waals surface area (Å²) in [7, 11) is 3.36. The van der Waals surface area contributed by atoms with E-state index < -0.39 is 11.9 Å². The number of nitrogens with one attached hydrogen (secondary N) is 1. The largest absolute Gasteiger partial charge is 0.435 e. The lowest BCUT2D eigenvalue weighted by Crippen LogP contribution is -2.26. The van der Waals surface area contributed by atoms with Crippen LogP contribution in [0.1, 0.15) is 35.8 Å². The summed E-state index contributed by atoms with van der Waals surface area (Å²) in [5, 5.41) is 14.4. The Bertz CT molecular complexity index is 784. The van der Waals surface area contributed by atoms with Crippen LogP contribution in [0.15, 0.2) is 18.3 Å². The number of anilines is 1. The van der Waals surface area contributed by atoms with Gasteiger partial charge in [0.25, 0.3) is 0 Å². The van der Waals surface area contributed by atoms with Gasteiger partial charge in [-0.2, -0.15) is 18.3 Å². The first kappa shape index (κ1) is 18.2. The predicted molar refractivity (Wildman–Crippen MR) is 87.3 cm³/mol. The Hall–Kier alpha value is -2.65. The highest BCUT2D eigenvalue weighted by Gasteiger charge is 2.33. The van der Waals surface area contributed by atoms with E-state index in [0.717, 1.165) is 36.6 Å². The summed E-state index contributed by atoms with van der Waals surface area (Å²) in [4.78, 5) is 13.3. The number of hydrogen-bond acceptors (Lipinski definition) is 5. The van der Waals surface area contributed by atoms with Crippen molar-refractivity contribution in [2.75, 3.05) is 19.4 Å². The number of carbonyl (C=O) groups excluding carboxylic acids is 1. The standard InChI is InChI=1S/C16H19F3N6O/c1-24(2)14(26)9-25-8-10-4-3-5-11(15(10)23-25)20-13-7-6-12(21-22-13)16(17,18)19/h6-8,11H,3-5,9H2,1-2H3,(H,20,22)/t11-/m0/s1. The van der Waals surface area contributed by atoms with Crippen LogP contribution in [0.2, 0.25) is 0 Å². The van der Waals surface area contributed by atoms with Crippen LogP contribution >= 0.6 is 0 Å². The van der Waals surface area contributed by atoms with Crippen LogP contribution in [0.3, 0.4) is 0 Å². The van der Waals surface area contributed by atoms with E-state index in [-0.39, 0.29) is 24.3 Å². The van der Waals surface area contributed by atoms with Gasteiger partial charge in [-0.3, -0.25) is 9.48 Å². The molecule has 1 aliphatic rings. The van der Waals surface area contributed by atoms with Crippen molar-refractivity contribution in [2.24, 2.45) is 0 Å². The molecule has 26 heavy (non-hydrogen) atoms. The summed E-state index contributed by atoms with van der Waals surface area (Å²) >= 11 is 0. The number of aryl methyl sites for hydroxylation is 1. The second kappa shape index (κ2) is 6.93. The molecule has 0 saturated heterocycles.